The van der Waals surface area contributed by atoms with E-state index in [0.29, 0.717) is 18.7 Å². The van der Waals surface area contributed by atoms with Crippen molar-refractivity contribution in [3.8, 4) is 0 Å². The lowest BCUT2D eigenvalue weighted by atomic mass is 10.3. The van der Waals surface area contributed by atoms with Gasteiger partial charge in [0.2, 0.25) is 0 Å². The lowest BCUT2D eigenvalue weighted by Crippen LogP contribution is -2.28. The van der Waals surface area contributed by atoms with Crippen molar-refractivity contribution in [3.05, 3.63) is 11.4 Å². The van der Waals surface area contributed by atoms with Crippen molar-refractivity contribution < 1.29 is 17.9 Å². The zero-order valence-corrected chi connectivity index (χ0v) is 11.6. The van der Waals surface area contributed by atoms with Crippen LogP contribution < -0.4 is 5.32 Å². The third-order valence-corrected chi connectivity index (χ3v) is 3.59. The molecule has 0 unspecified atom stereocenters. The fraction of sp³-hybridized carbons (Fsp3) is 0.556. The van der Waals surface area contributed by atoms with Gasteiger partial charge in [-0.15, -0.1) is 0 Å². The number of carbonyl (C=O) groups is 1. The van der Waals surface area contributed by atoms with Gasteiger partial charge in [0.15, 0.2) is 5.69 Å². The third-order valence-electron chi connectivity index (χ3n) is 2.20. The molecule has 2 N–H and O–H groups in total. The van der Waals surface area contributed by atoms with Gasteiger partial charge in [0, 0.05) is 24.3 Å². The minimum Gasteiger partial charge on any atom is -0.383 e. The average Bonchev–Trinajstić information content (AvgIpc) is 2.72. The molecule has 9 heteroatoms. The predicted molar refractivity (Wildman–Crippen MR) is 65.2 cm³/mol. The molecule has 0 aliphatic carbocycles. The van der Waals surface area contributed by atoms with Crippen LogP contribution in [0.2, 0.25) is 0 Å². The Labute approximate surface area is 109 Å². The van der Waals surface area contributed by atoms with E-state index in [1.165, 1.54) is 7.11 Å². The predicted octanol–water partition coefficient (Wildman–Crippen LogP) is 0.276. The van der Waals surface area contributed by atoms with E-state index in [2.05, 4.69) is 15.5 Å². The molecule has 1 rings (SSSR count). The molecule has 0 saturated carbocycles. The van der Waals surface area contributed by atoms with Gasteiger partial charge >= 0.3 is 0 Å². The number of rotatable bonds is 6. The van der Waals surface area contributed by atoms with Crippen LogP contribution >= 0.6 is 10.7 Å². The molecule has 7 nitrogen and oxygen atoms in total. The molecule has 0 bridgehead atoms. The van der Waals surface area contributed by atoms with Gasteiger partial charge in [-0.3, -0.25) is 9.89 Å². The molecular formula is C9H14ClN3O4S. The number of aromatic nitrogens is 2. The Bertz CT molecular complexity index is 526. The summed E-state index contributed by atoms with van der Waals surface area (Å²) in [5.74, 6) is -0.609. The summed E-state index contributed by atoms with van der Waals surface area (Å²) in [4.78, 5) is 11.5. The van der Waals surface area contributed by atoms with Crippen molar-refractivity contribution in [2.45, 2.75) is 18.2 Å². The molecule has 1 aromatic heterocycles. The zero-order valence-electron chi connectivity index (χ0n) is 9.99. The van der Waals surface area contributed by atoms with E-state index < -0.39 is 15.0 Å². The number of aromatic amines is 1. The monoisotopic (exact) mass is 295 g/mol. The summed E-state index contributed by atoms with van der Waals surface area (Å²) in [6.45, 7) is 2.30. The first-order chi connectivity index (χ1) is 8.41. The van der Waals surface area contributed by atoms with Crippen LogP contribution in [0.25, 0.3) is 0 Å². The first-order valence-electron chi connectivity index (χ1n) is 5.20. The van der Waals surface area contributed by atoms with Gasteiger partial charge in [-0.2, -0.15) is 5.10 Å². The van der Waals surface area contributed by atoms with Gasteiger partial charge in [-0.25, -0.2) is 8.42 Å². The summed E-state index contributed by atoms with van der Waals surface area (Å²) >= 11 is 0. The number of ether oxygens (including phenoxy) is 1. The molecule has 1 aromatic rings. The normalized spacial score (nSPS) is 11.5. The second-order valence-electron chi connectivity index (χ2n) is 3.42. The fourth-order valence-corrected chi connectivity index (χ4v) is 2.73. The minimum atomic E-state index is -4.02. The van der Waals surface area contributed by atoms with Crippen molar-refractivity contribution in [1.29, 1.82) is 0 Å². The average molecular weight is 296 g/mol. The molecule has 0 radical (unpaired) electrons. The molecule has 1 amide bonds. The molecule has 0 saturated heterocycles. The Morgan fingerprint density at radius 3 is 2.72 bits per heavy atom. The summed E-state index contributed by atoms with van der Waals surface area (Å²) in [7, 11) is 2.77. The molecule has 0 fully saturated rings. The maximum atomic E-state index is 11.7. The topological polar surface area (TPSA) is 101 Å². The Morgan fingerprint density at radius 2 is 2.22 bits per heavy atom. The highest BCUT2D eigenvalue weighted by Crippen LogP contribution is 2.22. The highest BCUT2D eigenvalue weighted by molar-refractivity contribution is 8.13. The highest BCUT2D eigenvalue weighted by Gasteiger charge is 2.27. The quantitative estimate of drug-likeness (QED) is 0.580. The van der Waals surface area contributed by atoms with Crippen molar-refractivity contribution in [1.82, 2.24) is 15.5 Å². The molecule has 0 aromatic carbocycles. The van der Waals surface area contributed by atoms with E-state index in [9.17, 15) is 13.2 Å². The van der Waals surface area contributed by atoms with Crippen molar-refractivity contribution >= 4 is 25.6 Å². The molecule has 18 heavy (non-hydrogen) atoms. The standard InChI is InChI=1S/C9H14ClN3O4S/c1-3-6-8(18(10,15)16)7(13-12-6)9(14)11-4-5-17-2/h3-5H2,1-2H3,(H,11,14)(H,12,13). The number of hydrogen-bond acceptors (Lipinski definition) is 5. The van der Waals surface area contributed by atoms with Crippen LogP contribution in [0.15, 0.2) is 4.90 Å². The number of amides is 1. The maximum absolute atomic E-state index is 11.7. The van der Waals surface area contributed by atoms with E-state index in [1.54, 1.807) is 6.92 Å². The Kier molecular flexibility index (Phi) is 5.12. The smallest absolute Gasteiger partial charge is 0.273 e. The second kappa shape index (κ2) is 6.17. The van der Waals surface area contributed by atoms with Gasteiger partial charge in [-0.1, -0.05) is 6.92 Å². The van der Waals surface area contributed by atoms with E-state index in [-0.39, 0.29) is 17.1 Å². The lowest BCUT2D eigenvalue weighted by molar-refractivity contribution is 0.0929. The Morgan fingerprint density at radius 1 is 1.56 bits per heavy atom. The number of H-pyrrole nitrogens is 1. The molecule has 0 aliphatic rings. The number of nitrogens with one attached hydrogen (secondary N) is 2. The van der Waals surface area contributed by atoms with E-state index in [4.69, 9.17) is 15.4 Å². The SMILES string of the molecule is CCc1[nH]nc(C(=O)NCCOC)c1S(=O)(=O)Cl. The molecule has 1 heterocycles. The molecule has 102 valence electrons. The maximum Gasteiger partial charge on any atom is 0.273 e. The van der Waals surface area contributed by atoms with Gasteiger partial charge < -0.3 is 10.1 Å². The summed E-state index contributed by atoms with van der Waals surface area (Å²) in [6.07, 6.45) is 0.375. The van der Waals surface area contributed by atoms with Crippen LogP contribution in [0.1, 0.15) is 23.1 Å². The number of methoxy groups -OCH3 is 1. The van der Waals surface area contributed by atoms with Gasteiger partial charge in [0.1, 0.15) is 4.90 Å². The van der Waals surface area contributed by atoms with Crippen molar-refractivity contribution in [2.75, 3.05) is 20.3 Å². The molecule has 0 aliphatic heterocycles. The van der Waals surface area contributed by atoms with E-state index in [0.717, 1.165) is 0 Å². The third kappa shape index (κ3) is 3.44. The fourth-order valence-electron chi connectivity index (χ4n) is 1.37. The number of hydrogen-bond donors (Lipinski definition) is 2. The van der Waals surface area contributed by atoms with Crippen LogP contribution in [0.4, 0.5) is 0 Å². The lowest BCUT2D eigenvalue weighted by Gasteiger charge is -2.03. The summed E-state index contributed by atoms with van der Waals surface area (Å²) in [5, 5.41) is 8.67. The van der Waals surface area contributed by atoms with Gasteiger partial charge in [-0.05, 0) is 6.42 Å². The largest absolute Gasteiger partial charge is 0.383 e. The van der Waals surface area contributed by atoms with Gasteiger partial charge in [0.25, 0.3) is 15.0 Å². The second-order valence-corrected chi connectivity index (χ2v) is 5.92. The van der Waals surface area contributed by atoms with Crippen LogP contribution in [-0.4, -0.2) is 44.8 Å². The summed E-state index contributed by atoms with van der Waals surface area (Å²) < 4.78 is 27.6. The van der Waals surface area contributed by atoms with E-state index >= 15 is 0 Å². The van der Waals surface area contributed by atoms with Crippen molar-refractivity contribution in [3.63, 3.8) is 0 Å². The van der Waals surface area contributed by atoms with Crippen LogP contribution in [0.3, 0.4) is 0 Å². The molecule has 0 spiro atoms. The first-order valence-corrected chi connectivity index (χ1v) is 7.51. The van der Waals surface area contributed by atoms with Crippen LogP contribution in [-0.2, 0) is 20.2 Å². The Hall–Kier alpha value is -1.12. The highest BCUT2D eigenvalue weighted by atomic mass is 35.7. The molecular weight excluding hydrogens is 282 g/mol. The van der Waals surface area contributed by atoms with Gasteiger partial charge in [0.05, 0.1) is 12.3 Å². The number of halogens is 1. The first kappa shape index (κ1) is 14.9. The van der Waals surface area contributed by atoms with Crippen LogP contribution in [0.5, 0.6) is 0 Å². The summed E-state index contributed by atoms with van der Waals surface area (Å²) in [5.41, 5.74) is 0.0832. The number of carbonyl (C=O) groups excluding carboxylic acids is 1. The van der Waals surface area contributed by atoms with Crippen molar-refractivity contribution in [2.24, 2.45) is 0 Å². The van der Waals surface area contributed by atoms with E-state index in [1.807, 2.05) is 0 Å². The molecule has 0 atom stereocenters. The summed E-state index contributed by atoms with van der Waals surface area (Å²) in [6, 6.07) is 0. The van der Waals surface area contributed by atoms with Crippen LogP contribution in [0, 0.1) is 0 Å². The minimum absolute atomic E-state index is 0.224. The number of aryl methyl sites for hydroxylation is 1. The zero-order chi connectivity index (χ0) is 13.8. The number of nitrogens with zero attached hydrogens (tertiary/aromatic N) is 1. The Balaban J connectivity index is 3.03.